The van der Waals surface area contributed by atoms with Gasteiger partial charge in [-0.1, -0.05) is 49.8 Å². The summed E-state index contributed by atoms with van der Waals surface area (Å²) in [4.78, 5) is 75.6. The Morgan fingerprint density at radius 1 is 1.02 bits per heavy atom. The smallest absolute Gasteiger partial charge is 0.312 e. The van der Waals surface area contributed by atoms with Gasteiger partial charge in [0.15, 0.2) is 12.4 Å². The van der Waals surface area contributed by atoms with Crippen LogP contribution in [0.5, 0.6) is 0 Å². The number of aliphatic carboxylic acids is 1. The molecule has 0 aliphatic heterocycles. The van der Waals surface area contributed by atoms with Crippen LogP contribution < -0.4 is 5.32 Å². The van der Waals surface area contributed by atoms with Crippen molar-refractivity contribution in [3.05, 3.63) is 47.5 Å². The Kier molecular flexibility index (Phi) is 8.68. The lowest BCUT2D eigenvalue weighted by molar-refractivity contribution is -0.173. The van der Waals surface area contributed by atoms with E-state index in [0.717, 1.165) is 18.4 Å². The molecule has 236 valence electrons. The third kappa shape index (κ3) is 5.53. The molecule has 10 heteroatoms. The number of Topliss-reactive ketones (excluding diaryl/α,β-unsaturated/α-hetero) is 2. The van der Waals surface area contributed by atoms with E-state index in [4.69, 9.17) is 4.74 Å². The normalized spacial score (nSPS) is 33.2. The van der Waals surface area contributed by atoms with Gasteiger partial charge in [-0.15, -0.1) is 0 Å². The highest BCUT2D eigenvalue weighted by Crippen LogP contribution is 2.66. The Morgan fingerprint density at radius 3 is 2.45 bits per heavy atom. The first-order valence-electron chi connectivity index (χ1n) is 15.5. The van der Waals surface area contributed by atoms with Gasteiger partial charge in [0, 0.05) is 37.1 Å². The maximum Gasteiger partial charge on any atom is 0.312 e. The van der Waals surface area contributed by atoms with Gasteiger partial charge >= 0.3 is 11.9 Å². The number of carbonyl (C=O) groups excluding carboxylic acids is 5. The van der Waals surface area contributed by atoms with Crippen molar-refractivity contribution in [3.8, 4) is 0 Å². The number of fused-ring (bicyclic) bond motifs is 5. The first-order valence-corrected chi connectivity index (χ1v) is 15.5. The molecule has 10 nitrogen and oxygen atoms in total. The first kappa shape index (κ1) is 31.8. The Morgan fingerprint density at radius 2 is 1.75 bits per heavy atom. The number of amides is 1. The van der Waals surface area contributed by atoms with E-state index in [1.807, 2.05) is 0 Å². The van der Waals surface area contributed by atoms with Crippen LogP contribution in [0.2, 0.25) is 0 Å². The molecule has 1 aromatic rings. The molecule has 0 spiro atoms. The predicted octanol–water partition coefficient (Wildman–Crippen LogP) is 3.31. The van der Waals surface area contributed by atoms with Crippen LogP contribution in [0.1, 0.15) is 83.1 Å². The molecule has 4 aliphatic rings. The van der Waals surface area contributed by atoms with Crippen LogP contribution in [-0.2, 0) is 33.5 Å². The van der Waals surface area contributed by atoms with E-state index < -0.39 is 47.2 Å². The SMILES string of the molecule is C[C@]12CCC(=O)C=C1CC[C@H]1[C@@H]2C(=O)C[C@]2(C)[C@H]1CC[C@]2(O)C(=O)COC(=O)CCC(=O)NC[C@@H](C(=O)O)c1ccccc1. The summed E-state index contributed by atoms with van der Waals surface area (Å²) < 4.78 is 5.17. The van der Waals surface area contributed by atoms with Crippen molar-refractivity contribution in [1.82, 2.24) is 5.32 Å². The summed E-state index contributed by atoms with van der Waals surface area (Å²) in [6.45, 7) is 3.08. The number of allylic oxidation sites excluding steroid dienone is 1. The van der Waals surface area contributed by atoms with Crippen LogP contribution in [-0.4, -0.2) is 64.2 Å². The second-order valence-corrected chi connectivity index (χ2v) is 13.5. The number of carbonyl (C=O) groups is 6. The van der Waals surface area contributed by atoms with E-state index in [1.165, 1.54) is 0 Å². The molecule has 3 N–H and O–H groups in total. The minimum absolute atomic E-state index is 0.00195. The van der Waals surface area contributed by atoms with Gasteiger partial charge in [0.25, 0.3) is 0 Å². The number of carboxylic acid groups (broad SMARTS) is 1. The quantitative estimate of drug-likeness (QED) is 0.339. The van der Waals surface area contributed by atoms with Gasteiger partial charge < -0.3 is 20.3 Å². The summed E-state index contributed by atoms with van der Waals surface area (Å²) in [5, 5.41) is 23.8. The highest BCUT2D eigenvalue weighted by Gasteiger charge is 2.68. The number of nitrogens with one attached hydrogen (secondary N) is 1. The van der Waals surface area contributed by atoms with Crippen molar-refractivity contribution in [3.63, 3.8) is 0 Å². The topological polar surface area (TPSA) is 164 Å². The summed E-state index contributed by atoms with van der Waals surface area (Å²) >= 11 is 0. The van der Waals surface area contributed by atoms with Gasteiger partial charge in [-0.05, 0) is 61.0 Å². The van der Waals surface area contributed by atoms with E-state index in [9.17, 15) is 39.0 Å². The summed E-state index contributed by atoms with van der Waals surface area (Å²) in [6, 6.07) is 8.49. The molecular formula is C34H41NO9. The van der Waals surface area contributed by atoms with Crippen molar-refractivity contribution in [1.29, 1.82) is 0 Å². The predicted molar refractivity (Wildman–Crippen MR) is 157 cm³/mol. The zero-order valence-electron chi connectivity index (χ0n) is 25.3. The van der Waals surface area contributed by atoms with E-state index >= 15 is 0 Å². The Labute approximate surface area is 256 Å². The molecule has 4 aliphatic carbocycles. The Hall–Kier alpha value is -3.66. The summed E-state index contributed by atoms with van der Waals surface area (Å²) in [5.41, 5.74) is -1.60. The third-order valence-corrected chi connectivity index (χ3v) is 11.2. The molecule has 3 saturated carbocycles. The van der Waals surface area contributed by atoms with Crippen molar-refractivity contribution >= 4 is 35.2 Å². The number of benzene rings is 1. The number of hydrogen-bond donors (Lipinski definition) is 3. The number of rotatable bonds is 10. The van der Waals surface area contributed by atoms with Crippen molar-refractivity contribution in [2.75, 3.05) is 13.2 Å². The molecule has 44 heavy (non-hydrogen) atoms. The van der Waals surface area contributed by atoms with E-state index in [0.29, 0.717) is 24.8 Å². The molecule has 5 rings (SSSR count). The van der Waals surface area contributed by atoms with Crippen LogP contribution in [0, 0.1) is 28.6 Å². The molecule has 0 unspecified atom stereocenters. The fourth-order valence-electron chi connectivity index (χ4n) is 8.74. The summed E-state index contributed by atoms with van der Waals surface area (Å²) in [7, 11) is 0. The zero-order valence-corrected chi connectivity index (χ0v) is 25.3. The molecule has 0 aromatic heterocycles. The van der Waals surface area contributed by atoms with Crippen molar-refractivity contribution < 1.29 is 43.7 Å². The summed E-state index contributed by atoms with van der Waals surface area (Å²) in [5.74, 6) is -4.17. The van der Waals surface area contributed by atoms with Gasteiger partial charge in [-0.2, -0.15) is 0 Å². The standard InChI is InChI=1S/C34H41NO9/c1-32-14-12-22(36)16-21(32)8-9-23-25-13-15-34(43,33(25,2)17-26(37)30(23)32)27(38)19-44-29(40)11-10-28(39)35-18-24(31(41)42)20-6-4-3-5-7-20/h3-7,16,23-25,30,43H,8-15,17-19H2,1-2H3,(H,35,39)(H,41,42)/t23-,24-,25+,30-,32+,33-,34+/m1/s1. The van der Waals surface area contributed by atoms with Crippen molar-refractivity contribution in [2.45, 2.75) is 83.2 Å². The lowest BCUT2D eigenvalue weighted by atomic mass is 9.46. The van der Waals surface area contributed by atoms with Crippen LogP contribution in [0.25, 0.3) is 0 Å². The molecule has 0 heterocycles. The lowest BCUT2D eigenvalue weighted by Crippen LogP contribution is -2.61. The molecule has 0 saturated heterocycles. The number of carboxylic acids is 1. The fraction of sp³-hybridized carbons (Fsp3) is 0.588. The number of esters is 1. The highest BCUT2D eigenvalue weighted by molar-refractivity contribution is 5.95. The summed E-state index contributed by atoms with van der Waals surface area (Å²) in [6.07, 6.45) is 4.47. The van der Waals surface area contributed by atoms with Crippen LogP contribution >= 0.6 is 0 Å². The molecule has 3 fully saturated rings. The van der Waals surface area contributed by atoms with Gasteiger partial charge in [0.05, 0.1) is 12.3 Å². The third-order valence-electron chi connectivity index (χ3n) is 11.2. The molecule has 0 radical (unpaired) electrons. The largest absolute Gasteiger partial charge is 0.481 e. The van der Waals surface area contributed by atoms with E-state index in [2.05, 4.69) is 12.2 Å². The van der Waals surface area contributed by atoms with Crippen LogP contribution in [0.3, 0.4) is 0 Å². The first-order chi connectivity index (χ1) is 20.8. The number of aliphatic hydroxyl groups is 1. The molecular weight excluding hydrogens is 566 g/mol. The van der Waals surface area contributed by atoms with E-state index in [-0.39, 0.29) is 67.0 Å². The molecule has 0 bridgehead atoms. The number of ketones is 3. The number of ether oxygens (including phenoxy) is 1. The van der Waals surface area contributed by atoms with Crippen LogP contribution in [0.4, 0.5) is 0 Å². The highest BCUT2D eigenvalue weighted by atomic mass is 16.5. The lowest BCUT2D eigenvalue weighted by Gasteiger charge is -2.57. The average Bonchev–Trinajstić information content (AvgIpc) is 3.26. The second-order valence-electron chi connectivity index (χ2n) is 13.5. The molecule has 1 aromatic carbocycles. The number of hydrogen-bond acceptors (Lipinski definition) is 8. The minimum Gasteiger partial charge on any atom is -0.481 e. The van der Waals surface area contributed by atoms with Gasteiger partial charge in [0.1, 0.15) is 11.4 Å². The zero-order chi connectivity index (χ0) is 31.9. The Balaban J connectivity index is 1.15. The molecule has 7 atom stereocenters. The van der Waals surface area contributed by atoms with Crippen molar-refractivity contribution in [2.24, 2.45) is 28.6 Å². The maximum absolute atomic E-state index is 13.8. The van der Waals surface area contributed by atoms with Gasteiger partial charge in [-0.3, -0.25) is 28.8 Å². The van der Waals surface area contributed by atoms with E-state index in [1.54, 1.807) is 43.3 Å². The minimum atomic E-state index is -1.82. The second kappa shape index (κ2) is 12.0. The maximum atomic E-state index is 13.8. The monoisotopic (exact) mass is 607 g/mol. The molecule has 1 amide bonds. The average molecular weight is 608 g/mol. The van der Waals surface area contributed by atoms with Crippen LogP contribution in [0.15, 0.2) is 42.0 Å². The Bertz CT molecular complexity index is 1400. The van der Waals surface area contributed by atoms with Gasteiger partial charge in [0.2, 0.25) is 11.7 Å². The van der Waals surface area contributed by atoms with Gasteiger partial charge in [-0.25, -0.2) is 0 Å². The fourth-order valence-corrected chi connectivity index (χ4v) is 8.74.